The second-order valence-corrected chi connectivity index (χ2v) is 8.14. The van der Waals surface area contributed by atoms with Crippen LogP contribution in [0.5, 0.6) is 0 Å². The first-order valence-corrected chi connectivity index (χ1v) is 9.38. The van der Waals surface area contributed by atoms with E-state index in [9.17, 15) is 16.8 Å². The average molecular weight is 356 g/mol. The Balaban J connectivity index is 2.17. The number of nitrogens with one attached hydrogen (secondary N) is 2. The van der Waals surface area contributed by atoms with E-state index in [1.165, 1.54) is 24.3 Å². The summed E-state index contributed by atoms with van der Waals surface area (Å²) in [6.45, 7) is 0. The van der Waals surface area contributed by atoms with Gasteiger partial charge in [0.15, 0.2) is 0 Å². The van der Waals surface area contributed by atoms with Gasteiger partial charge in [0.25, 0.3) is 20.0 Å². The topological polar surface area (TPSA) is 144 Å². The second-order valence-electron chi connectivity index (χ2n) is 4.71. The van der Waals surface area contributed by atoms with E-state index in [0.717, 1.165) is 11.1 Å². The fraction of sp³-hybridized carbons (Fsp3) is 0.0769. The zero-order chi connectivity index (χ0) is 17.1. The SMILES string of the molecule is NNS(=O)(=O)c1ccc(Cc2ccc(S(=O)(=O)NN)cc2)cc1. The number of hydrogen-bond donors (Lipinski definition) is 4. The molecule has 2 aromatic rings. The molecule has 0 saturated carbocycles. The predicted molar refractivity (Wildman–Crippen MR) is 84.7 cm³/mol. The predicted octanol–water partition coefficient (Wildman–Crippen LogP) is -0.419. The van der Waals surface area contributed by atoms with Crippen molar-refractivity contribution >= 4 is 20.0 Å². The molecular weight excluding hydrogens is 340 g/mol. The van der Waals surface area contributed by atoms with E-state index in [-0.39, 0.29) is 9.79 Å². The van der Waals surface area contributed by atoms with Gasteiger partial charge in [-0.25, -0.2) is 16.8 Å². The summed E-state index contributed by atoms with van der Waals surface area (Å²) >= 11 is 0. The zero-order valence-corrected chi connectivity index (χ0v) is 13.6. The minimum Gasteiger partial charge on any atom is -0.257 e. The van der Waals surface area contributed by atoms with Crippen molar-refractivity contribution in [3.8, 4) is 0 Å². The van der Waals surface area contributed by atoms with Gasteiger partial charge in [0.05, 0.1) is 9.79 Å². The van der Waals surface area contributed by atoms with Crippen LogP contribution in [-0.2, 0) is 26.5 Å². The van der Waals surface area contributed by atoms with Crippen molar-refractivity contribution in [3.63, 3.8) is 0 Å². The monoisotopic (exact) mass is 356 g/mol. The van der Waals surface area contributed by atoms with Crippen molar-refractivity contribution in [1.82, 2.24) is 9.66 Å². The quantitative estimate of drug-likeness (QED) is 0.409. The molecule has 0 unspecified atom stereocenters. The van der Waals surface area contributed by atoms with Crippen LogP contribution in [0.25, 0.3) is 0 Å². The first kappa shape index (κ1) is 17.5. The molecule has 23 heavy (non-hydrogen) atoms. The fourth-order valence-electron chi connectivity index (χ4n) is 1.94. The molecule has 0 heterocycles. The molecule has 6 N–H and O–H groups in total. The summed E-state index contributed by atoms with van der Waals surface area (Å²) < 4.78 is 46.1. The molecule has 0 aliphatic rings. The maximum atomic E-state index is 11.5. The molecule has 0 fully saturated rings. The van der Waals surface area contributed by atoms with Gasteiger partial charge in [-0.2, -0.15) is 9.66 Å². The molecule has 124 valence electrons. The standard InChI is InChI=1S/C13H16N4O4S2/c14-16-22(18,19)12-5-1-10(2-6-12)9-11-3-7-13(8-4-11)23(20,21)17-15/h1-8,16-17H,9,14-15H2. The van der Waals surface area contributed by atoms with Crippen LogP contribution in [0.2, 0.25) is 0 Å². The molecule has 8 nitrogen and oxygen atoms in total. The van der Waals surface area contributed by atoms with E-state index in [1.54, 1.807) is 33.9 Å². The molecule has 0 atom stereocenters. The Morgan fingerprint density at radius 3 is 1.22 bits per heavy atom. The summed E-state index contributed by atoms with van der Waals surface area (Å²) in [5.41, 5.74) is 1.74. The minimum atomic E-state index is -3.67. The van der Waals surface area contributed by atoms with E-state index in [1.807, 2.05) is 0 Å². The smallest absolute Gasteiger partial charge is 0.253 e. The van der Waals surface area contributed by atoms with Gasteiger partial charge >= 0.3 is 0 Å². The molecule has 0 radical (unpaired) electrons. The molecular formula is C13H16N4O4S2. The Hall–Kier alpha value is -1.82. The summed E-state index contributed by atoms with van der Waals surface area (Å²) in [5.74, 6) is 9.92. The van der Waals surface area contributed by atoms with Crippen LogP contribution in [0.1, 0.15) is 11.1 Å². The molecule has 0 aromatic heterocycles. The van der Waals surface area contributed by atoms with Crippen molar-refractivity contribution in [3.05, 3.63) is 59.7 Å². The lowest BCUT2D eigenvalue weighted by atomic mass is 10.1. The maximum absolute atomic E-state index is 11.5. The van der Waals surface area contributed by atoms with E-state index in [4.69, 9.17) is 11.7 Å². The summed E-state index contributed by atoms with van der Waals surface area (Å²) in [6, 6.07) is 12.4. The minimum absolute atomic E-state index is 0.0687. The van der Waals surface area contributed by atoms with Crippen LogP contribution in [0.15, 0.2) is 58.3 Å². The van der Waals surface area contributed by atoms with E-state index in [2.05, 4.69) is 0 Å². The van der Waals surface area contributed by atoms with E-state index < -0.39 is 20.0 Å². The lowest BCUT2D eigenvalue weighted by Gasteiger charge is -2.06. The Kier molecular flexibility index (Phi) is 5.14. The molecule has 0 spiro atoms. The molecule has 0 bridgehead atoms. The van der Waals surface area contributed by atoms with Crippen molar-refractivity contribution in [2.45, 2.75) is 16.2 Å². The third-order valence-electron chi connectivity index (χ3n) is 3.19. The molecule has 2 aromatic carbocycles. The highest BCUT2D eigenvalue weighted by atomic mass is 32.2. The third kappa shape index (κ3) is 4.13. The lowest BCUT2D eigenvalue weighted by molar-refractivity contribution is 0.582. The Morgan fingerprint density at radius 1 is 0.652 bits per heavy atom. The van der Waals surface area contributed by atoms with Gasteiger partial charge in [-0.15, -0.1) is 0 Å². The van der Waals surface area contributed by atoms with Crippen LogP contribution in [0, 0.1) is 0 Å². The number of rotatable bonds is 6. The molecule has 0 aliphatic heterocycles. The third-order valence-corrected chi connectivity index (χ3v) is 5.59. The Bertz CT molecular complexity index is 801. The van der Waals surface area contributed by atoms with Gasteiger partial charge in [0, 0.05) is 0 Å². The Morgan fingerprint density at radius 2 is 0.957 bits per heavy atom. The molecule has 0 saturated heterocycles. The second kappa shape index (κ2) is 6.74. The normalized spacial score (nSPS) is 12.3. The number of sulfonamides is 2. The summed E-state index contributed by atoms with van der Waals surface area (Å²) in [6.07, 6.45) is 0.521. The fourth-order valence-corrected chi connectivity index (χ4v) is 3.21. The van der Waals surface area contributed by atoms with Gasteiger partial charge < -0.3 is 0 Å². The lowest BCUT2D eigenvalue weighted by Crippen LogP contribution is -2.30. The van der Waals surface area contributed by atoms with Crippen molar-refractivity contribution < 1.29 is 16.8 Å². The van der Waals surface area contributed by atoms with Crippen LogP contribution in [0.4, 0.5) is 0 Å². The van der Waals surface area contributed by atoms with Crippen LogP contribution in [-0.4, -0.2) is 16.8 Å². The van der Waals surface area contributed by atoms with Crippen LogP contribution < -0.4 is 21.3 Å². The zero-order valence-electron chi connectivity index (χ0n) is 11.9. The van der Waals surface area contributed by atoms with Gasteiger partial charge in [0.1, 0.15) is 0 Å². The molecule has 2 rings (SSSR count). The van der Waals surface area contributed by atoms with Gasteiger partial charge in [-0.05, 0) is 41.8 Å². The van der Waals surface area contributed by atoms with Crippen LogP contribution in [0.3, 0.4) is 0 Å². The first-order valence-electron chi connectivity index (χ1n) is 6.41. The molecule has 10 heteroatoms. The van der Waals surface area contributed by atoms with Gasteiger partial charge in [-0.1, -0.05) is 24.3 Å². The molecule has 0 aliphatic carbocycles. The Labute approximate surface area is 134 Å². The average Bonchev–Trinajstić information content (AvgIpc) is 2.56. The number of benzene rings is 2. The van der Waals surface area contributed by atoms with Crippen molar-refractivity contribution in [2.24, 2.45) is 11.7 Å². The van der Waals surface area contributed by atoms with E-state index >= 15 is 0 Å². The van der Waals surface area contributed by atoms with Crippen LogP contribution >= 0.6 is 0 Å². The highest BCUT2D eigenvalue weighted by Gasteiger charge is 2.12. The van der Waals surface area contributed by atoms with Crippen molar-refractivity contribution in [2.75, 3.05) is 0 Å². The number of hydrazine groups is 2. The van der Waals surface area contributed by atoms with Crippen molar-refractivity contribution in [1.29, 1.82) is 0 Å². The summed E-state index contributed by atoms with van der Waals surface area (Å²) in [7, 11) is -7.34. The highest BCUT2D eigenvalue weighted by molar-refractivity contribution is 7.89. The van der Waals surface area contributed by atoms with Gasteiger partial charge in [0.2, 0.25) is 0 Å². The summed E-state index contributed by atoms with van der Waals surface area (Å²) in [5, 5.41) is 0. The summed E-state index contributed by atoms with van der Waals surface area (Å²) in [4.78, 5) is 3.64. The highest BCUT2D eigenvalue weighted by Crippen LogP contribution is 2.15. The maximum Gasteiger partial charge on any atom is 0.253 e. The molecule has 0 amide bonds. The first-order chi connectivity index (χ1) is 10.8. The van der Waals surface area contributed by atoms with E-state index in [0.29, 0.717) is 6.42 Å². The largest absolute Gasteiger partial charge is 0.257 e. The number of nitrogens with two attached hydrogens (primary N) is 2. The van der Waals surface area contributed by atoms with Gasteiger partial charge in [-0.3, -0.25) is 11.7 Å². The number of hydrogen-bond acceptors (Lipinski definition) is 6.